The van der Waals surface area contributed by atoms with Crippen LogP contribution in [0.25, 0.3) is 10.9 Å². The zero-order valence-corrected chi connectivity index (χ0v) is 19.0. The Morgan fingerprint density at radius 3 is 2.74 bits per heavy atom. The summed E-state index contributed by atoms with van der Waals surface area (Å²) in [4.78, 5) is 17.8. The Bertz CT molecular complexity index is 965. The zero-order chi connectivity index (χ0) is 21.6. The molecule has 3 saturated heterocycles. The highest BCUT2D eigenvalue weighted by atomic mass is 35.5. The summed E-state index contributed by atoms with van der Waals surface area (Å²) in [5.74, 6) is 0.0674. The van der Waals surface area contributed by atoms with Crippen LogP contribution in [0.1, 0.15) is 45.4 Å². The summed E-state index contributed by atoms with van der Waals surface area (Å²) >= 11 is 5.98. The van der Waals surface area contributed by atoms with Crippen LogP contribution in [0.5, 0.6) is 6.01 Å². The lowest BCUT2D eigenvalue weighted by molar-refractivity contribution is 0.0828. The number of rotatable bonds is 6. The van der Waals surface area contributed by atoms with Crippen LogP contribution in [0.3, 0.4) is 0 Å². The number of aromatic nitrogens is 3. The molecule has 2 bridgehead atoms. The van der Waals surface area contributed by atoms with Gasteiger partial charge in [0.15, 0.2) is 11.0 Å². The van der Waals surface area contributed by atoms with Crippen molar-refractivity contribution in [2.24, 2.45) is 0 Å². The molecule has 0 amide bonds. The number of hydrogen-bond acceptors (Lipinski definition) is 7. The molecule has 31 heavy (non-hydrogen) atoms. The smallest absolute Gasteiger partial charge is 0.319 e. The van der Waals surface area contributed by atoms with Crippen molar-refractivity contribution >= 4 is 28.3 Å². The van der Waals surface area contributed by atoms with Gasteiger partial charge in [-0.05, 0) is 45.7 Å². The summed E-state index contributed by atoms with van der Waals surface area (Å²) in [5.41, 5.74) is 0.158. The molecule has 3 atom stereocenters. The van der Waals surface area contributed by atoms with E-state index in [-0.39, 0.29) is 22.2 Å². The molecule has 5 rings (SSSR count). The molecule has 1 N–H and O–H groups in total. The third-order valence-corrected chi connectivity index (χ3v) is 7.51. The van der Waals surface area contributed by atoms with Crippen molar-refractivity contribution in [3.05, 3.63) is 17.2 Å². The number of piperazine rings is 1. The predicted octanol–water partition coefficient (Wildman–Crippen LogP) is 3.40. The molecule has 3 aliphatic rings. The number of pyridine rings is 1. The maximum absolute atomic E-state index is 14.9. The molecule has 0 aromatic carbocycles. The zero-order valence-electron chi connectivity index (χ0n) is 18.2. The molecule has 3 unspecified atom stereocenters. The fourth-order valence-electron chi connectivity index (χ4n) is 5.58. The molecule has 0 spiro atoms. The van der Waals surface area contributed by atoms with E-state index in [0.717, 1.165) is 58.2 Å². The number of likely N-dealkylation sites (N-methyl/N-ethyl adjacent to an activating group) is 1. The van der Waals surface area contributed by atoms with Crippen molar-refractivity contribution < 1.29 is 9.13 Å². The van der Waals surface area contributed by atoms with Gasteiger partial charge in [-0.15, -0.1) is 0 Å². The molecule has 0 radical (unpaired) electrons. The standard InChI is InChI=1S/C22H30ClFN6O/c1-3-7-22(8-4-9-29(22)2)13-31-21-27-18-16(10-25-19(23)17(18)24)20(28-21)30-11-14-5-6-15(12-30)26-14/h10,14-15,26H,3-9,11-13H2,1-2H3. The highest BCUT2D eigenvalue weighted by Gasteiger charge is 2.39. The van der Waals surface area contributed by atoms with E-state index in [1.54, 1.807) is 6.20 Å². The number of likely N-dealkylation sites (tertiary alicyclic amines) is 1. The quantitative estimate of drug-likeness (QED) is 0.679. The van der Waals surface area contributed by atoms with Crippen molar-refractivity contribution in [3.8, 4) is 6.01 Å². The Kier molecular flexibility index (Phi) is 5.65. The lowest BCUT2D eigenvalue weighted by Gasteiger charge is -2.36. The maximum Gasteiger partial charge on any atom is 0.319 e. The van der Waals surface area contributed by atoms with Crippen LogP contribution in [0, 0.1) is 5.82 Å². The van der Waals surface area contributed by atoms with E-state index >= 15 is 0 Å². The molecule has 2 aromatic heterocycles. The molecule has 2 aromatic rings. The average molecular weight is 449 g/mol. The first-order valence-electron chi connectivity index (χ1n) is 11.4. The van der Waals surface area contributed by atoms with E-state index in [1.165, 1.54) is 0 Å². The first-order valence-corrected chi connectivity index (χ1v) is 11.7. The van der Waals surface area contributed by atoms with E-state index < -0.39 is 5.82 Å². The van der Waals surface area contributed by atoms with Crippen molar-refractivity contribution in [3.63, 3.8) is 0 Å². The molecule has 168 valence electrons. The minimum Gasteiger partial charge on any atom is -0.461 e. The van der Waals surface area contributed by atoms with Gasteiger partial charge in [-0.3, -0.25) is 4.90 Å². The van der Waals surface area contributed by atoms with E-state index in [9.17, 15) is 4.39 Å². The van der Waals surface area contributed by atoms with Crippen LogP contribution in [0.2, 0.25) is 5.15 Å². The number of halogens is 2. The highest BCUT2D eigenvalue weighted by Crippen LogP contribution is 2.35. The molecule has 7 nitrogen and oxygen atoms in total. The molecule has 3 aliphatic heterocycles. The van der Waals surface area contributed by atoms with Crippen LogP contribution in [0.15, 0.2) is 6.20 Å². The van der Waals surface area contributed by atoms with Crippen molar-refractivity contribution in [1.29, 1.82) is 0 Å². The Hall–Kier alpha value is -1.77. The van der Waals surface area contributed by atoms with Crippen LogP contribution in [0.4, 0.5) is 10.2 Å². The molecule has 0 saturated carbocycles. The largest absolute Gasteiger partial charge is 0.461 e. The van der Waals surface area contributed by atoms with Gasteiger partial charge in [0.25, 0.3) is 0 Å². The summed E-state index contributed by atoms with van der Waals surface area (Å²) in [6.07, 6.45) is 8.25. The SMILES string of the molecule is CCCC1(COc2nc(N3CC4CCC(C3)N4)c3cnc(Cl)c(F)c3n2)CCCN1C. The second-order valence-electron chi connectivity index (χ2n) is 9.29. The van der Waals surface area contributed by atoms with E-state index in [2.05, 4.69) is 39.1 Å². The second-order valence-corrected chi connectivity index (χ2v) is 9.64. The lowest BCUT2D eigenvalue weighted by Crippen LogP contribution is -2.51. The second kappa shape index (κ2) is 8.30. The van der Waals surface area contributed by atoms with Crippen LogP contribution in [-0.2, 0) is 0 Å². The number of hydrogen-bond donors (Lipinski definition) is 1. The topological polar surface area (TPSA) is 66.4 Å². The summed E-state index contributed by atoms with van der Waals surface area (Å²) in [7, 11) is 2.15. The van der Waals surface area contributed by atoms with Crippen LogP contribution in [-0.4, -0.2) is 70.8 Å². The van der Waals surface area contributed by atoms with Gasteiger partial charge in [0, 0.05) is 31.4 Å². The Morgan fingerprint density at radius 1 is 1.29 bits per heavy atom. The molecule has 0 aliphatic carbocycles. The minimum absolute atomic E-state index is 0.0180. The fraction of sp³-hybridized carbons (Fsp3) is 0.682. The number of nitrogens with zero attached hydrogens (tertiary/aromatic N) is 5. The first-order chi connectivity index (χ1) is 15.0. The lowest BCUT2D eigenvalue weighted by atomic mass is 9.92. The monoisotopic (exact) mass is 448 g/mol. The summed E-state index contributed by atoms with van der Waals surface area (Å²) in [6, 6.07) is 1.07. The number of ether oxygens (including phenoxy) is 1. The van der Waals surface area contributed by atoms with Gasteiger partial charge in [-0.25, -0.2) is 9.37 Å². The van der Waals surface area contributed by atoms with Crippen LogP contribution >= 0.6 is 11.6 Å². The Balaban J connectivity index is 1.50. The molecule has 5 heterocycles. The van der Waals surface area contributed by atoms with E-state index in [4.69, 9.17) is 21.3 Å². The van der Waals surface area contributed by atoms with E-state index in [0.29, 0.717) is 29.9 Å². The summed E-state index contributed by atoms with van der Waals surface area (Å²) < 4.78 is 21.1. The van der Waals surface area contributed by atoms with Gasteiger partial charge in [0.05, 0.1) is 10.9 Å². The van der Waals surface area contributed by atoms with Crippen molar-refractivity contribution in [2.45, 2.75) is 63.1 Å². The molecular formula is C22H30ClFN6O. The summed E-state index contributed by atoms with van der Waals surface area (Å²) in [6.45, 7) is 5.41. The minimum atomic E-state index is -0.618. The van der Waals surface area contributed by atoms with Crippen molar-refractivity contribution in [2.75, 3.05) is 38.2 Å². The maximum atomic E-state index is 14.9. The van der Waals surface area contributed by atoms with Gasteiger partial charge >= 0.3 is 6.01 Å². The molecule has 3 fully saturated rings. The molecule has 9 heteroatoms. The van der Waals surface area contributed by atoms with Gasteiger partial charge < -0.3 is 15.0 Å². The third kappa shape index (κ3) is 3.83. The number of nitrogens with one attached hydrogen (secondary N) is 1. The Labute approximate surface area is 187 Å². The number of anilines is 1. The third-order valence-electron chi connectivity index (χ3n) is 7.25. The number of fused-ring (bicyclic) bond motifs is 3. The predicted molar refractivity (Wildman–Crippen MR) is 119 cm³/mol. The molecular weight excluding hydrogens is 419 g/mol. The van der Waals surface area contributed by atoms with Gasteiger partial charge in [-0.1, -0.05) is 24.9 Å². The van der Waals surface area contributed by atoms with Gasteiger partial charge in [0.2, 0.25) is 0 Å². The highest BCUT2D eigenvalue weighted by molar-refractivity contribution is 6.30. The van der Waals surface area contributed by atoms with Crippen LogP contribution < -0.4 is 15.0 Å². The average Bonchev–Trinajstić information content (AvgIpc) is 3.30. The van der Waals surface area contributed by atoms with Gasteiger partial charge in [0.1, 0.15) is 17.9 Å². The van der Waals surface area contributed by atoms with Crippen molar-refractivity contribution in [1.82, 2.24) is 25.2 Å². The van der Waals surface area contributed by atoms with E-state index in [1.807, 2.05) is 0 Å². The first kappa shape index (κ1) is 21.1. The summed E-state index contributed by atoms with van der Waals surface area (Å²) in [5, 5.41) is 4.03. The van der Waals surface area contributed by atoms with Gasteiger partial charge in [-0.2, -0.15) is 9.97 Å². The normalized spacial score (nSPS) is 28.6. The Morgan fingerprint density at radius 2 is 2.06 bits per heavy atom. The fourth-order valence-corrected chi connectivity index (χ4v) is 5.72.